The van der Waals surface area contributed by atoms with E-state index in [0.717, 1.165) is 10.9 Å². The van der Waals surface area contributed by atoms with Gasteiger partial charge in [0.05, 0.1) is 12.1 Å². The molecular formula is C13H14N6O. The number of aromatic amines is 1. The quantitative estimate of drug-likeness (QED) is 0.613. The fraction of sp³-hybridized carbons (Fsp3) is 0.154. The first-order valence-electron chi connectivity index (χ1n) is 6.13. The summed E-state index contributed by atoms with van der Waals surface area (Å²) in [7, 11) is 1.78. The van der Waals surface area contributed by atoms with E-state index < -0.39 is 0 Å². The van der Waals surface area contributed by atoms with Crippen LogP contribution in [-0.2, 0) is 13.6 Å². The van der Waals surface area contributed by atoms with Crippen LogP contribution in [0.15, 0.2) is 30.7 Å². The van der Waals surface area contributed by atoms with Crippen LogP contribution < -0.4 is 11.1 Å². The van der Waals surface area contributed by atoms with Gasteiger partial charge in [-0.25, -0.2) is 4.98 Å². The van der Waals surface area contributed by atoms with Gasteiger partial charge >= 0.3 is 0 Å². The number of benzene rings is 1. The molecule has 0 atom stereocenters. The first kappa shape index (κ1) is 12.2. The fourth-order valence-electron chi connectivity index (χ4n) is 2.05. The number of fused-ring (bicyclic) bond motifs is 1. The van der Waals surface area contributed by atoms with Gasteiger partial charge in [-0.1, -0.05) is 0 Å². The summed E-state index contributed by atoms with van der Waals surface area (Å²) in [6.07, 6.45) is 3.27. The van der Waals surface area contributed by atoms with Crippen molar-refractivity contribution in [3.05, 3.63) is 42.1 Å². The van der Waals surface area contributed by atoms with E-state index in [1.54, 1.807) is 36.4 Å². The van der Waals surface area contributed by atoms with Gasteiger partial charge in [0.25, 0.3) is 5.91 Å². The van der Waals surface area contributed by atoms with E-state index in [9.17, 15) is 4.79 Å². The standard InChI is InChI=1S/C13H14N6O/c1-19-7-17-12(18-19)6-16-13(20)10-5-15-11-4-8(14)2-3-9(10)11/h2-5,7,15H,6,14H2,1H3,(H,16,20). The monoisotopic (exact) mass is 270 g/mol. The molecule has 0 aliphatic rings. The predicted octanol–water partition coefficient (Wildman–Crippen LogP) is 0.809. The summed E-state index contributed by atoms with van der Waals surface area (Å²) in [4.78, 5) is 19.3. The molecule has 0 saturated carbocycles. The van der Waals surface area contributed by atoms with E-state index >= 15 is 0 Å². The van der Waals surface area contributed by atoms with Crippen molar-refractivity contribution >= 4 is 22.5 Å². The molecule has 3 aromatic rings. The summed E-state index contributed by atoms with van der Waals surface area (Å²) in [6, 6.07) is 5.40. The lowest BCUT2D eigenvalue weighted by Gasteiger charge is -2.01. The number of anilines is 1. The van der Waals surface area contributed by atoms with Crippen molar-refractivity contribution in [1.29, 1.82) is 0 Å². The zero-order valence-electron chi connectivity index (χ0n) is 10.9. The van der Waals surface area contributed by atoms with Crippen LogP contribution in [0.1, 0.15) is 16.2 Å². The lowest BCUT2D eigenvalue weighted by Crippen LogP contribution is -2.23. The summed E-state index contributed by atoms with van der Waals surface area (Å²) in [5.41, 5.74) is 7.78. The molecule has 7 heteroatoms. The molecule has 3 rings (SSSR count). The number of hydrogen-bond acceptors (Lipinski definition) is 4. The van der Waals surface area contributed by atoms with Crippen LogP contribution in [0.2, 0.25) is 0 Å². The number of nitrogens with one attached hydrogen (secondary N) is 2. The summed E-state index contributed by atoms with van der Waals surface area (Å²) >= 11 is 0. The van der Waals surface area contributed by atoms with Crippen LogP contribution in [-0.4, -0.2) is 25.7 Å². The Labute approximate surface area is 114 Å². The Bertz CT molecular complexity index is 772. The second kappa shape index (κ2) is 4.69. The van der Waals surface area contributed by atoms with Crippen LogP contribution in [0.3, 0.4) is 0 Å². The van der Waals surface area contributed by atoms with Crippen molar-refractivity contribution in [1.82, 2.24) is 25.1 Å². The minimum Gasteiger partial charge on any atom is -0.399 e. The Morgan fingerprint density at radius 1 is 1.50 bits per heavy atom. The van der Waals surface area contributed by atoms with Crippen molar-refractivity contribution in [2.24, 2.45) is 7.05 Å². The predicted molar refractivity (Wildman–Crippen MR) is 74.9 cm³/mol. The average molecular weight is 270 g/mol. The Morgan fingerprint density at radius 3 is 3.10 bits per heavy atom. The highest BCUT2D eigenvalue weighted by Crippen LogP contribution is 2.20. The van der Waals surface area contributed by atoms with E-state index in [1.807, 2.05) is 6.07 Å². The molecule has 0 fully saturated rings. The molecule has 7 nitrogen and oxygen atoms in total. The number of nitrogens with two attached hydrogens (primary N) is 1. The highest BCUT2D eigenvalue weighted by molar-refractivity contribution is 6.07. The topological polar surface area (TPSA) is 102 Å². The fourth-order valence-corrected chi connectivity index (χ4v) is 2.05. The number of aryl methyl sites for hydroxylation is 1. The molecular weight excluding hydrogens is 256 g/mol. The lowest BCUT2D eigenvalue weighted by atomic mass is 10.1. The lowest BCUT2D eigenvalue weighted by molar-refractivity contribution is 0.0951. The molecule has 102 valence electrons. The molecule has 2 heterocycles. The first-order valence-corrected chi connectivity index (χ1v) is 6.13. The molecule has 4 N–H and O–H groups in total. The van der Waals surface area contributed by atoms with Gasteiger partial charge in [-0.2, -0.15) is 5.10 Å². The second-order valence-corrected chi connectivity index (χ2v) is 4.52. The summed E-state index contributed by atoms with van der Waals surface area (Å²) in [5, 5.41) is 7.74. The zero-order valence-corrected chi connectivity index (χ0v) is 10.9. The van der Waals surface area contributed by atoms with Crippen LogP contribution in [0.4, 0.5) is 5.69 Å². The second-order valence-electron chi connectivity index (χ2n) is 4.52. The van der Waals surface area contributed by atoms with Gasteiger partial charge in [0, 0.05) is 29.8 Å². The molecule has 2 aromatic heterocycles. The average Bonchev–Trinajstić information content (AvgIpc) is 3.01. The number of carbonyl (C=O) groups is 1. The molecule has 0 aliphatic heterocycles. The third-order valence-corrected chi connectivity index (χ3v) is 3.00. The number of rotatable bonds is 3. The Hall–Kier alpha value is -2.83. The first-order chi connectivity index (χ1) is 9.63. The number of amides is 1. The third-order valence-electron chi connectivity index (χ3n) is 3.00. The van der Waals surface area contributed by atoms with Crippen molar-refractivity contribution in [3.8, 4) is 0 Å². The zero-order chi connectivity index (χ0) is 14.1. The van der Waals surface area contributed by atoms with Crippen molar-refractivity contribution in [3.63, 3.8) is 0 Å². The number of nitrogens with zero attached hydrogens (tertiary/aromatic N) is 3. The molecule has 0 bridgehead atoms. The molecule has 0 radical (unpaired) electrons. The van der Waals surface area contributed by atoms with E-state index in [1.165, 1.54) is 0 Å². The van der Waals surface area contributed by atoms with Gasteiger partial charge < -0.3 is 16.0 Å². The minimum absolute atomic E-state index is 0.173. The number of nitrogen functional groups attached to an aromatic ring is 1. The van der Waals surface area contributed by atoms with Gasteiger partial charge in [0.1, 0.15) is 6.33 Å². The molecule has 0 aliphatic carbocycles. The third kappa shape index (κ3) is 2.20. The van der Waals surface area contributed by atoms with Gasteiger partial charge in [-0.3, -0.25) is 9.48 Å². The van der Waals surface area contributed by atoms with Gasteiger partial charge in [0.2, 0.25) is 0 Å². The number of carbonyl (C=O) groups excluding carboxylic acids is 1. The van der Waals surface area contributed by atoms with E-state index in [4.69, 9.17) is 5.73 Å². The highest BCUT2D eigenvalue weighted by atomic mass is 16.1. The molecule has 1 aromatic carbocycles. The molecule has 0 spiro atoms. The van der Waals surface area contributed by atoms with Crippen LogP contribution in [0.25, 0.3) is 10.9 Å². The van der Waals surface area contributed by atoms with Crippen LogP contribution >= 0.6 is 0 Å². The van der Waals surface area contributed by atoms with E-state index in [0.29, 0.717) is 23.6 Å². The SMILES string of the molecule is Cn1cnc(CNC(=O)c2c[nH]c3cc(N)ccc23)n1. The Morgan fingerprint density at radius 2 is 2.35 bits per heavy atom. The normalized spacial score (nSPS) is 10.8. The highest BCUT2D eigenvalue weighted by Gasteiger charge is 2.12. The number of H-pyrrole nitrogens is 1. The number of aromatic nitrogens is 4. The largest absolute Gasteiger partial charge is 0.399 e. The maximum absolute atomic E-state index is 12.2. The Kier molecular flexibility index (Phi) is 2.86. The molecule has 1 amide bonds. The minimum atomic E-state index is -0.173. The van der Waals surface area contributed by atoms with Crippen LogP contribution in [0.5, 0.6) is 0 Å². The van der Waals surface area contributed by atoms with E-state index in [2.05, 4.69) is 20.4 Å². The van der Waals surface area contributed by atoms with Crippen molar-refractivity contribution in [2.45, 2.75) is 6.54 Å². The molecule has 0 unspecified atom stereocenters. The summed E-state index contributed by atoms with van der Waals surface area (Å²) in [5.74, 6) is 0.401. The van der Waals surface area contributed by atoms with Crippen LogP contribution in [0, 0.1) is 0 Å². The Balaban J connectivity index is 1.78. The summed E-state index contributed by atoms with van der Waals surface area (Å²) < 4.78 is 1.59. The summed E-state index contributed by atoms with van der Waals surface area (Å²) in [6.45, 7) is 0.293. The maximum Gasteiger partial charge on any atom is 0.253 e. The van der Waals surface area contributed by atoms with Gasteiger partial charge in [-0.15, -0.1) is 0 Å². The smallest absolute Gasteiger partial charge is 0.253 e. The van der Waals surface area contributed by atoms with Gasteiger partial charge in [-0.05, 0) is 18.2 Å². The van der Waals surface area contributed by atoms with Gasteiger partial charge in [0.15, 0.2) is 5.82 Å². The molecule has 0 saturated heterocycles. The number of hydrogen-bond donors (Lipinski definition) is 3. The maximum atomic E-state index is 12.2. The molecule has 20 heavy (non-hydrogen) atoms. The van der Waals surface area contributed by atoms with Crippen molar-refractivity contribution < 1.29 is 4.79 Å². The van der Waals surface area contributed by atoms with E-state index in [-0.39, 0.29) is 5.91 Å². The van der Waals surface area contributed by atoms with Crippen molar-refractivity contribution in [2.75, 3.05) is 5.73 Å².